The molecule has 0 atom stereocenters. The third-order valence-corrected chi connectivity index (χ3v) is 3.50. The Hall–Kier alpha value is -3.91. The van der Waals surface area contributed by atoms with Gasteiger partial charge in [-0.15, -0.1) is 0 Å². The summed E-state index contributed by atoms with van der Waals surface area (Å²) in [5.74, 6) is 5.17. The van der Waals surface area contributed by atoms with Crippen LogP contribution in [0.1, 0.15) is 15.9 Å². The minimum Gasteiger partial charge on any atom is -0.508 e. The molecule has 3 aromatic rings. The number of rotatable bonds is 4. The highest BCUT2D eigenvalue weighted by Crippen LogP contribution is 2.16. The third kappa shape index (κ3) is 5.55. The molecule has 3 aromatic carbocycles. The molecular weight excluding hydrogens is 350 g/mol. The van der Waals surface area contributed by atoms with Gasteiger partial charge in [-0.3, -0.25) is 20.8 Å². The SMILES string of the molecule is NNc1ccc([N+](=O)[O-])cc1.O=C(c1ccc(O)cc1)c1ccc(O)cc1. The molecule has 8 heteroatoms. The van der Waals surface area contributed by atoms with Gasteiger partial charge < -0.3 is 15.6 Å². The van der Waals surface area contributed by atoms with Crippen LogP contribution in [0.15, 0.2) is 72.8 Å². The second-order valence-corrected chi connectivity index (χ2v) is 5.37. The number of non-ortho nitro benzene ring substituents is 1. The fourth-order valence-corrected chi connectivity index (χ4v) is 2.07. The number of hydrazine groups is 1. The molecule has 0 aromatic heterocycles. The number of ketones is 1. The van der Waals surface area contributed by atoms with Gasteiger partial charge >= 0.3 is 0 Å². The minimum absolute atomic E-state index is 0.0593. The van der Waals surface area contributed by atoms with E-state index in [1.807, 2.05) is 0 Å². The summed E-state index contributed by atoms with van der Waals surface area (Å²) in [6.45, 7) is 0. The lowest BCUT2D eigenvalue weighted by molar-refractivity contribution is -0.384. The standard InChI is InChI=1S/C13H10O3.C6H7N3O2/c14-11-5-1-9(2-6-11)13(16)10-3-7-12(15)8-4-10;7-8-5-1-3-6(4-2-5)9(10)11/h1-8,14-15H;1-4,8H,7H2. The molecule has 0 aliphatic carbocycles. The molecule has 0 amide bonds. The quantitative estimate of drug-likeness (QED) is 0.240. The summed E-state index contributed by atoms with van der Waals surface area (Å²) in [7, 11) is 0. The van der Waals surface area contributed by atoms with Crippen LogP contribution < -0.4 is 11.3 Å². The number of benzene rings is 3. The first kappa shape index (κ1) is 19.4. The summed E-state index contributed by atoms with van der Waals surface area (Å²) in [6, 6.07) is 18.0. The Labute approximate surface area is 154 Å². The Morgan fingerprint density at radius 2 is 1.22 bits per heavy atom. The molecule has 0 radical (unpaired) electrons. The number of carbonyl (C=O) groups is 1. The second-order valence-electron chi connectivity index (χ2n) is 5.37. The van der Waals surface area contributed by atoms with Crippen molar-refractivity contribution in [3.63, 3.8) is 0 Å². The molecule has 0 heterocycles. The summed E-state index contributed by atoms with van der Waals surface area (Å²) in [4.78, 5) is 21.6. The highest BCUT2D eigenvalue weighted by Gasteiger charge is 2.08. The van der Waals surface area contributed by atoms with E-state index in [-0.39, 0.29) is 23.0 Å². The van der Waals surface area contributed by atoms with Gasteiger partial charge in [0.15, 0.2) is 5.78 Å². The van der Waals surface area contributed by atoms with Crippen LogP contribution in [0.3, 0.4) is 0 Å². The number of aromatic hydroxyl groups is 2. The number of hydrogen-bond acceptors (Lipinski definition) is 7. The van der Waals surface area contributed by atoms with Crippen molar-refractivity contribution in [1.29, 1.82) is 0 Å². The molecule has 8 nitrogen and oxygen atoms in total. The number of nitro benzene ring substituents is 1. The lowest BCUT2D eigenvalue weighted by Gasteiger charge is -2.01. The fourth-order valence-electron chi connectivity index (χ4n) is 2.07. The molecule has 0 aliphatic rings. The lowest BCUT2D eigenvalue weighted by Crippen LogP contribution is -2.06. The molecule has 0 fully saturated rings. The van der Waals surface area contributed by atoms with Gasteiger partial charge in [-0.25, -0.2) is 0 Å². The molecular formula is C19H17N3O5. The maximum Gasteiger partial charge on any atom is 0.269 e. The van der Waals surface area contributed by atoms with Crippen LogP contribution in [0, 0.1) is 10.1 Å². The Kier molecular flexibility index (Phi) is 6.45. The van der Waals surface area contributed by atoms with Gasteiger partial charge in [-0.1, -0.05) is 0 Å². The Morgan fingerprint density at radius 3 is 1.56 bits per heavy atom. The van der Waals surface area contributed by atoms with Gasteiger partial charge in [0, 0.05) is 28.9 Å². The van der Waals surface area contributed by atoms with E-state index in [9.17, 15) is 14.9 Å². The molecule has 0 bridgehead atoms. The number of phenolic OH excluding ortho intramolecular Hbond substituents is 2. The number of nitrogens with one attached hydrogen (secondary N) is 1. The number of nitrogens with zero attached hydrogens (tertiary/aromatic N) is 1. The van der Waals surface area contributed by atoms with Crippen LogP contribution in [-0.4, -0.2) is 20.9 Å². The number of nitro groups is 1. The maximum atomic E-state index is 11.9. The largest absolute Gasteiger partial charge is 0.508 e. The molecule has 3 rings (SSSR count). The number of anilines is 1. The summed E-state index contributed by atoms with van der Waals surface area (Å²) < 4.78 is 0. The van der Waals surface area contributed by atoms with E-state index in [4.69, 9.17) is 16.1 Å². The normalized spacial score (nSPS) is 9.67. The molecule has 5 N–H and O–H groups in total. The van der Waals surface area contributed by atoms with E-state index >= 15 is 0 Å². The maximum absolute atomic E-state index is 11.9. The minimum atomic E-state index is -0.458. The number of phenols is 2. The van der Waals surface area contributed by atoms with Crippen molar-refractivity contribution in [2.24, 2.45) is 5.84 Å². The molecule has 0 spiro atoms. The summed E-state index contributed by atoms with van der Waals surface area (Å²) in [6.07, 6.45) is 0. The zero-order valence-corrected chi connectivity index (χ0v) is 14.1. The Balaban J connectivity index is 0.000000208. The summed E-state index contributed by atoms with van der Waals surface area (Å²) in [5.41, 5.74) is 4.08. The first-order chi connectivity index (χ1) is 12.9. The topological polar surface area (TPSA) is 139 Å². The second kappa shape index (κ2) is 8.97. The zero-order chi connectivity index (χ0) is 19.8. The number of nitrogen functional groups attached to an aromatic ring is 1. The van der Waals surface area contributed by atoms with Gasteiger partial charge in [0.05, 0.1) is 4.92 Å². The van der Waals surface area contributed by atoms with E-state index in [0.29, 0.717) is 16.8 Å². The molecule has 0 aliphatic heterocycles. The molecule has 138 valence electrons. The summed E-state index contributed by atoms with van der Waals surface area (Å²) in [5, 5.41) is 28.4. The predicted octanol–water partition coefficient (Wildman–Crippen LogP) is 3.21. The first-order valence-electron chi connectivity index (χ1n) is 7.74. The average molecular weight is 367 g/mol. The van der Waals surface area contributed by atoms with Crippen LogP contribution in [0.25, 0.3) is 0 Å². The van der Waals surface area contributed by atoms with Gasteiger partial charge in [0.2, 0.25) is 0 Å². The molecule has 27 heavy (non-hydrogen) atoms. The van der Waals surface area contributed by atoms with E-state index in [1.54, 1.807) is 24.3 Å². The zero-order valence-electron chi connectivity index (χ0n) is 14.1. The third-order valence-electron chi connectivity index (χ3n) is 3.50. The fraction of sp³-hybridized carbons (Fsp3) is 0. The van der Waals surface area contributed by atoms with Crippen molar-refractivity contribution in [3.8, 4) is 11.5 Å². The van der Waals surface area contributed by atoms with Crippen molar-refractivity contribution in [2.45, 2.75) is 0 Å². The van der Waals surface area contributed by atoms with Gasteiger partial charge in [0.25, 0.3) is 5.69 Å². The van der Waals surface area contributed by atoms with E-state index in [2.05, 4.69) is 5.43 Å². The van der Waals surface area contributed by atoms with Gasteiger partial charge in [-0.05, 0) is 60.7 Å². The van der Waals surface area contributed by atoms with Crippen LogP contribution in [0.4, 0.5) is 11.4 Å². The lowest BCUT2D eigenvalue weighted by atomic mass is 10.0. The van der Waals surface area contributed by atoms with Crippen molar-refractivity contribution < 1.29 is 19.9 Å². The van der Waals surface area contributed by atoms with Gasteiger partial charge in [0.1, 0.15) is 11.5 Å². The van der Waals surface area contributed by atoms with Crippen LogP contribution in [0.5, 0.6) is 11.5 Å². The van der Waals surface area contributed by atoms with Crippen molar-refractivity contribution in [1.82, 2.24) is 0 Å². The predicted molar refractivity (Wildman–Crippen MR) is 101 cm³/mol. The number of nitrogens with two attached hydrogens (primary N) is 1. The van der Waals surface area contributed by atoms with E-state index in [0.717, 1.165) is 0 Å². The molecule has 0 saturated carbocycles. The van der Waals surface area contributed by atoms with E-state index in [1.165, 1.54) is 48.5 Å². The van der Waals surface area contributed by atoms with Gasteiger partial charge in [-0.2, -0.15) is 0 Å². The van der Waals surface area contributed by atoms with Crippen LogP contribution in [-0.2, 0) is 0 Å². The number of hydrogen-bond donors (Lipinski definition) is 4. The highest BCUT2D eigenvalue weighted by molar-refractivity contribution is 6.09. The van der Waals surface area contributed by atoms with E-state index < -0.39 is 4.92 Å². The average Bonchev–Trinajstić information content (AvgIpc) is 2.69. The smallest absolute Gasteiger partial charge is 0.269 e. The summed E-state index contributed by atoms with van der Waals surface area (Å²) >= 11 is 0. The monoisotopic (exact) mass is 367 g/mol. The highest BCUT2D eigenvalue weighted by atomic mass is 16.6. The Bertz CT molecular complexity index is 860. The van der Waals surface area contributed by atoms with Crippen molar-refractivity contribution in [2.75, 3.05) is 5.43 Å². The molecule has 0 unspecified atom stereocenters. The number of carbonyl (C=O) groups excluding carboxylic acids is 1. The van der Waals surface area contributed by atoms with Crippen LogP contribution >= 0.6 is 0 Å². The van der Waals surface area contributed by atoms with Crippen LogP contribution in [0.2, 0.25) is 0 Å². The van der Waals surface area contributed by atoms with Crippen molar-refractivity contribution in [3.05, 3.63) is 94.0 Å². The Morgan fingerprint density at radius 1 is 0.815 bits per heavy atom. The van der Waals surface area contributed by atoms with Crippen molar-refractivity contribution >= 4 is 17.2 Å². The first-order valence-corrected chi connectivity index (χ1v) is 7.74. The molecule has 0 saturated heterocycles.